The van der Waals surface area contributed by atoms with Crippen LogP contribution in [0.3, 0.4) is 0 Å². The number of halogens is 2. The van der Waals surface area contributed by atoms with Crippen LogP contribution in [0.15, 0.2) is 39.9 Å². The smallest absolute Gasteiger partial charge is 0.280 e. The van der Waals surface area contributed by atoms with Gasteiger partial charge in [0.05, 0.1) is 24.4 Å². The maximum Gasteiger partial charge on any atom is 0.280 e. The highest BCUT2D eigenvalue weighted by molar-refractivity contribution is 9.10. The van der Waals surface area contributed by atoms with Gasteiger partial charge >= 0.3 is 0 Å². The molecule has 0 aromatic heterocycles. The van der Waals surface area contributed by atoms with E-state index in [0.29, 0.717) is 28.9 Å². The van der Waals surface area contributed by atoms with Crippen LogP contribution in [-0.2, 0) is 4.79 Å². The first-order valence-electron chi connectivity index (χ1n) is 8.61. The van der Waals surface area contributed by atoms with E-state index in [9.17, 15) is 4.79 Å². The van der Waals surface area contributed by atoms with Crippen LogP contribution >= 0.6 is 27.5 Å². The first-order chi connectivity index (χ1) is 13.3. The van der Waals surface area contributed by atoms with Gasteiger partial charge in [0.15, 0.2) is 17.6 Å². The minimum atomic E-state index is -0.723. The number of hydrazone groups is 1. The van der Waals surface area contributed by atoms with E-state index in [1.807, 2.05) is 19.9 Å². The van der Waals surface area contributed by atoms with Crippen molar-refractivity contribution in [1.82, 2.24) is 5.43 Å². The number of hydrogen-bond acceptors (Lipinski definition) is 5. The van der Waals surface area contributed by atoms with Crippen LogP contribution in [0.1, 0.15) is 25.0 Å². The molecule has 28 heavy (non-hydrogen) atoms. The molecule has 2 rings (SSSR count). The summed E-state index contributed by atoms with van der Waals surface area (Å²) in [7, 11) is 1.56. The summed E-state index contributed by atoms with van der Waals surface area (Å²) in [6, 6.07) is 8.80. The lowest BCUT2D eigenvalue weighted by Crippen LogP contribution is -2.33. The molecule has 1 atom stereocenters. The number of methoxy groups -OCH3 is 1. The standard InChI is InChI=1S/C20H22BrClN2O4/c1-5-27-19-16(21)9-14(10-18(19)26-4)11-23-24-20(25)13(3)28-17-7-6-15(22)8-12(17)2/h6-11,13H,5H2,1-4H3,(H,24,25)/b23-11+/t13-/m1/s1. The minimum Gasteiger partial charge on any atom is -0.493 e. The number of rotatable bonds is 8. The van der Waals surface area contributed by atoms with Gasteiger partial charge in [-0.15, -0.1) is 0 Å². The van der Waals surface area contributed by atoms with Crippen molar-refractivity contribution in [3.63, 3.8) is 0 Å². The molecule has 0 radical (unpaired) electrons. The fraction of sp³-hybridized carbons (Fsp3) is 0.300. The maximum absolute atomic E-state index is 12.2. The molecule has 0 saturated heterocycles. The van der Waals surface area contributed by atoms with Gasteiger partial charge in [0.25, 0.3) is 5.91 Å². The Kier molecular flexibility index (Phi) is 8.14. The third-order valence-corrected chi connectivity index (χ3v) is 4.56. The van der Waals surface area contributed by atoms with Gasteiger partial charge in [0.1, 0.15) is 5.75 Å². The molecule has 0 bridgehead atoms. The van der Waals surface area contributed by atoms with E-state index in [-0.39, 0.29) is 5.91 Å². The zero-order chi connectivity index (χ0) is 20.7. The average Bonchev–Trinajstić information content (AvgIpc) is 2.65. The Morgan fingerprint density at radius 1 is 1.32 bits per heavy atom. The predicted octanol–water partition coefficient (Wildman–Crippen LogP) is 4.74. The monoisotopic (exact) mass is 468 g/mol. The zero-order valence-corrected chi connectivity index (χ0v) is 18.4. The van der Waals surface area contributed by atoms with Crippen LogP contribution < -0.4 is 19.6 Å². The second-order valence-electron chi connectivity index (χ2n) is 5.87. The summed E-state index contributed by atoms with van der Waals surface area (Å²) in [5, 5.41) is 4.60. The van der Waals surface area contributed by atoms with E-state index in [1.54, 1.807) is 38.3 Å². The highest BCUT2D eigenvalue weighted by atomic mass is 79.9. The lowest BCUT2D eigenvalue weighted by atomic mass is 10.2. The number of nitrogens with one attached hydrogen (secondary N) is 1. The molecule has 150 valence electrons. The summed E-state index contributed by atoms with van der Waals surface area (Å²) in [6.45, 7) is 5.92. The highest BCUT2D eigenvalue weighted by Gasteiger charge is 2.15. The summed E-state index contributed by atoms with van der Waals surface area (Å²) >= 11 is 9.38. The van der Waals surface area contributed by atoms with Gasteiger partial charge in [-0.25, -0.2) is 5.43 Å². The van der Waals surface area contributed by atoms with Gasteiger partial charge in [-0.1, -0.05) is 11.6 Å². The Balaban J connectivity index is 2.01. The van der Waals surface area contributed by atoms with Crippen LogP contribution in [0, 0.1) is 6.92 Å². The summed E-state index contributed by atoms with van der Waals surface area (Å²) in [6.07, 6.45) is 0.792. The fourth-order valence-corrected chi connectivity index (χ4v) is 3.15. The topological polar surface area (TPSA) is 69.2 Å². The second kappa shape index (κ2) is 10.3. The minimum absolute atomic E-state index is 0.373. The van der Waals surface area contributed by atoms with E-state index < -0.39 is 6.10 Å². The Hall–Kier alpha value is -2.25. The Morgan fingerprint density at radius 3 is 2.71 bits per heavy atom. The van der Waals surface area contributed by atoms with Gasteiger partial charge in [-0.3, -0.25) is 4.79 Å². The molecule has 2 aromatic carbocycles. The second-order valence-corrected chi connectivity index (χ2v) is 7.16. The van der Waals surface area contributed by atoms with Gasteiger partial charge in [0.2, 0.25) is 0 Å². The van der Waals surface area contributed by atoms with E-state index in [0.717, 1.165) is 15.6 Å². The fourth-order valence-electron chi connectivity index (χ4n) is 2.35. The Labute approximate surface area is 177 Å². The summed E-state index contributed by atoms with van der Waals surface area (Å²) in [4.78, 5) is 12.2. The van der Waals surface area contributed by atoms with Crippen LogP contribution in [0.4, 0.5) is 0 Å². The number of amides is 1. The molecule has 6 nitrogen and oxygen atoms in total. The molecule has 1 N–H and O–H groups in total. The van der Waals surface area contributed by atoms with Gasteiger partial charge in [-0.05, 0) is 78.2 Å². The van der Waals surface area contributed by atoms with Crippen molar-refractivity contribution in [1.29, 1.82) is 0 Å². The number of nitrogens with zero attached hydrogens (tertiary/aromatic N) is 1. The van der Waals surface area contributed by atoms with E-state index >= 15 is 0 Å². The highest BCUT2D eigenvalue weighted by Crippen LogP contribution is 2.36. The van der Waals surface area contributed by atoms with Crippen molar-refractivity contribution in [2.24, 2.45) is 5.10 Å². The SMILES string of the molecule is CCOc1c(Br)cc(/C=N/NC(=O)[C@@H](C)Oc2ccc(Cl)cc2C)cc1OC. The predicted molar refractivity (Wildman–Crippen MR) is 114 cm³/mol. The number of aryl methyl sites for hydroxylation is 1. The van der Waals surface area contributed by atoms with Gasteiger partial charge < -0.3 is 14.2 Å². The molecule has 0 aliphatic carbocycles. The van der Waals surface area contributed by atoms with Gasteiger partial charge in [-0.2, -0.15) is 5.10 Å². The maximum atomic E-state index is 12.2. The van der Waals surface area contributed by atoms with E-state index in [4.69, 9.17) is 25.8 Å². The van der Waals surface area contributed by atoms with Crippen molar-refractivity contribution >= 4 is 39.7 Å². The number of benzene rings is 2. The number of carbonyl (C=O) groups excluding carboxylic acids is 1. The summed E-state index contributed by atoms with van der Waals surface area (Å²) in [5.41, 5.74) is 4.05. The molecule has 8 heteroatoms. The molecule has 0 saturated carbocycles. The molecule has 0 spiro atoms. The Bertz CT molecular complexity index is 874. The molecule has 0 fully saturated rings. The zero-order valence-electron chi connectivity index (χ0n) is 16.1. The normalized spacial score (nSPS) is 11.9. The third-order valence-electron chi connectivity index (χ3n) is 3.74. The molecule has 0 aliphatic rings. The molecular weight excluding hydrogens is 448 g/mol. The largest absolute Gasteiger partial charge is 0.493 e. The molecule has 2 aromatic rings. The lowest BCUT2D eigenvalue weighted by molar-refractivity contribution is -0.127. The van der Waals surface area contributed by atoms with Crippen molar-refractivity contribution in [2.45, 2.75) is 26.9 Å². The molecule has 0 heterocycles. The first-order valence-corrected chi connectivity index (χ1v) is 9.78. The number of carbonyl (C=O) groups is 1. The average molecular weight is 470 g/mol. The van der Waals surface area contributed by atoms with Gasteiger partial charge in [0, 0.05) is 5.02 Å². The van der Waals surface area contributed by atoms with Crippen LogP contribution in [0.2, 0.25) is 5.02 Å². The lowest BCUT2D eigenvalue weighted by Gasteiger charge is -2.15. The van der Waals surface area contributed by atoms with Crippen molar-refractivity contribution in [2.75, 3.05) is 13.7 Å². The van der Waals surface area contributed by atoms with Crippen LogP contribution in [0.5, 0.6) is 17.2 Å². The Morgan fingerprint density at radius 2 is 2.07 bits per heavy atom. The molecule has 1 amide bonds. The van der Waals surface area contributed by atoms with E-state index in [1.165, 1.54) is 6.21 Å². The van der Waals surface area contributed by atoms with Crippen LogP contribution in [-0.4, -0.2) is 31.9 Å². The number of hydrogen-bond donors (Lipinski definition) is 1. The van der Waals surface area contributed by atoms with E-state index in [2.05, 4.69) is 26.5 Å². The quantitative estimate of drug-likeness (QED) is 0.448. The molecular formula is C20H22BrClN2O4. The third kappa shape index (κ3) is 5.87. The van der Waals surface area contributed by atoms with Crippen molar-refractivity contribution in [3.05, 3.63) is 51.0 Å². The van der Waals surface area contributed by atoms with Crippen molar-refractivity contribution < 1.29 is 19.0 Å². The number of ether oxygens (including phenoxy) is 3. The first kappa shape index (κ1) is 22.0. The molecule has 0 aliphatic heterocycles. The summed E-state index contributed by atoms with van der Waals surface area (Å²) in [5.74, 6) is 1.41. The summed E-state index contributed by atoms with van der Waals surface area (Å²) < 4.78 is 17.3. The van der Waals surface area contributed by atoms with Crippen molar-refractivity contribution in [3.8, 4) is 17.2 Å². The van der Waals surface area contributed by atoms with Crippen LogP contribution in [0.25, 0.3) is 0 Å². The molecule has 0 unspecified atom stereocenters.